The van der Waals surface area contributed by atoms with Crippen molar-refractivity contribution in [3.63, 3.8) is 0 Å². The van der Waals surface area contributed by atoms with E-state index >= 15 is 0 Å². The third-order valence-electron chi connectivity index (χ3n) is 3.77. The smallest absolute Gasteiger partial charge is 0.338 e. The number of nitrogens with zero attached hydrogens (tertiary/aromatic N) is 4. The first kappa shape index (κ1) is 16.8. The van der Waals surface area contributed by atoms with Gasteiger partial charge in [0, 0.05) is 6.20 Å². The molecule has 3 rings (SSSR count). The van der Waals surface area contributed by atoms with Gasteiger partial charge in [-0.2, -0.15) is 0 Å². The fraction of sp³-hybridized carbons (Fsp3) is 0.263. The molecule has 2 heterocycles. The van der Waals surface area contributed by atoms with E-state index in [9.17, 15) is 4.79 Å². The molecule has 0 spiro atoms. The lowest BCUT2D eigenvalue weighted by atomic mass is 10.2. The second-order valence-electron chi connectivity index (χ2n) is 5.79. The molecule has 0 aliphatic heterocycles. The Morgan fingerprint density at radius 2 is 2.04 bits per heavy atom. The molecule has 1 aromatic carbocycles. The van der Waals surface area contributed by atoms with Crippen molar-refractivity contribution >= 4 is 23.1 Å². The Bertz CT molecular complexity index is 944. The molecule has 0 amide bonds. The van der Waals surface area contributed by atoms with Gasteiger partial charge in [0.05, 0.1) is 23.6 Å². The van der Waals surface area contributed by atoms with Gasteiger partial charge in [-0.1, -0.05) is 19.1 Å². The maximum Gasteiger partial charge on any atom is 0.338 e. The van der Waals surface area contributed by atoms with Gasteiger partial charge >= 0.3 is 5.97 Å². The number of aromatic nitrogens is 2. The number of azo groups is 1. The standard InChI is InChI=1S/C19H20N4O2/c1-4-11-25-19(24)15-8-5-9-16(12-15)21-22-18-14(3)20-17-13(2)7-6-10-23(17)18/h5-10,12H,4,11H2,1-3H3. The first-order valence-corrected chi connectivity index (χ1v) is 8.23. The number of hydrogen-bond donors (Lipinski definition) is 0. The molecule has 128 valence electrons. The van der Waals surface area contributed by atoms with E-state index in [0.29, 0.717) is 23.7 Å². The highest BCUT2D eigenvalue weighted by molar-refractivity contribution is 5.90. The lowest BCUT2D eigenvalue weighted by molar-refractivity contribution is 0.0505. The van der Waals surface area contributed by atoms with Crippen LogP contribution >= 0.6 is 0 Å². The fourth-order valence-corrected chi connectivity index (χ4v) is 2.50. The van der Waals surface area contributed by atoms with E-state index in [1.165, 1.54) is 0 Å². The van der Waals surface area contributed by atoms with E-state index in [1.54, 1.807) is 24.3 Å². The molecule has 0 radical (unpaired) electrons. The highest BCUT2D eigenvalue weighted by Crippen LogP contribution is 2.25. The van der Waals surface area contributed by atoms with Gasteiger partial charge in [-0.05, 0) is 50.1 Å². The van der Waals surface area contributed by atoms with Crippen LogP contribution in [0.5, 0.6) is 0 Å². The van der Waals surface area contributed by atoms with Gasteiger partial charge in [0.15, 0.2) is 5.82 Å². The maximum atomic E-state index is 11.9. The SMILES string of the molecule is CCCOC(=O)c1cccc(N=Nc2c(C)nc3c(C)cccn23)c1. The second kappa shape index (κ2) is 7.25. The minimum absolute atomic E-state index is 0.347. The number of carbonyl (C=O) groups is 1. The van der Waals surface area contributed by atoms with E-state index in [4.69, 9.17) is 4.74 Å². The maximum absolute atomic E-state index is 11.9. The molecule has 0 atom stereocenters. The summed E-state index contributed by atoms with van der Waals surface area (Å²) in [4.78, 5) is 16.5. The zero-order valence-electron chi connectivity index (χ0n) is 14.6. The van der Waals surface area contributed by atoms with Crippen LogP contribution in [-0.2, 0) is 4.74 Å². The van der Waals surface area contributed by atoms with Crippen molar-refractivity contribution in [3.8, 4) is 0 Å². The van der Waals surface area contributed by atoms with E-state index in [2.05, 4.69) is 15.2 Å². The summed E-state index contributed by atoms with van der Waals surface area (Å²) in [5.41, 5.74) is 3.80. The van der Waals surface area contributed by atoms with Crippen molar-refractivity contribution in [2.24, 2.45) is 10.2 Å². The molecule has 6 heteroatoms. The summed E-state index contributed by atoms with van der Waals surface area (Å²) < 4.78 is 7.06. The summed E-state index contributed by atoms with van der Waals surface area (Å²) in [5.74, 6) is 0.332. The van der Waals surface area contributed by atoms with Crippen molar-refractivity contribution in [1.82, 2.24) is 9.38 Å². The van der Waals surface area contributed by atoms with Gasteiger partial charge in [-0.3, -0.25) is 4.40 Å². The first-order chi connectivity index (χ1) is 12.1. The minimum Gasteiger partial charge on any atom is -0.462 e. The minimum atomic E-state index is -0.347. The van der Waals surface area contributed by atoms with Gasteiger partial charge < -0.3 is 4.74 Å². The molecule has 3 aromatic rings. The summed E-state index contributed by atoms with van der Waals surface area (Å²) in [7, 11) is 0. The molecule has 0 saturated heterocycles. The Morgan fingerprint density at radius 1 is 1.20 bits per heavy atom. The summed E-state index contributed by atoms with van der Waals surface area (Å²) >= 11 is 0. The second-order valence-corrected chi connectivity index (χ2v) is 5.79. The van der Waals surface area contributed by atoms with Crippen molar-refractivity contribution < 1.29 is 9.53 Å². The van der Waals surface area contributed by atoms with Crippen LogP contribution in [0.15, 0.2) is 52.8 Å². The van der Waals surface area contributed by atoms with Crippen LogP contribution in [-0.4, -0.2) is 22.0 Å². The number of rotatable bonds is 5. The molecular formula is C19H20N4O2. The van der Waals surface area contributed by atoms with E-state index in [-0.39, 0.29) is 5.97 Å². The number of pyridine rings is 1. The monoisotopic (exact) mass is 336 g/mol. The summed E-state index contributed by atoms with van der Waals surface area (Å²) in [6.45, 7) is 6.27. The number of carbonyl (C=O) groups excluding carboxylic acids is 1. The zero-order valence-corrected chi connectivity index (χ0v) is 14.6. The van der Waals surface area contributed by atoms with Crippen LogP contribution in [0.2, 0.25) is 0 Å². The number of esters is 1. The lowest BCUT2D eigenvalue weighted by Gasteiger charge is -2.03. The Balaban J connectivity index is 1.89. The van der Waals surface area contributed by atoms with Crippen LogP contribution in [0.3, 0.4) is 0 Å². The van der Waals surface area contributed by atoms with Crippen LogP contribution in [0.25, 0.3) is 5.65 Å². The molecule has 0 aliphatic carbocycles. The third kappa shape index (κ3) is 3.57. The third-order valence-corrected chi connectivity index (χ3v) is 3.77. The van der Waals surface area contributed by atoms with Gasteiger partial charge in [0.1, 0.15) is 5.65 Å². The lowest BCUT2D eigenvalue weighted by Crippen LogP contribution is -2.05. The van der Waals surface area contributed by atoms with Gasteiger partial charge in [0.25, 0.3) is 0 Å². The Hall–Kier alpha value is -3.02. The summed E-state index contributed by atoms with van der Waals surface area (Å²) in [6.07, 6.45) is 2.70. The van der Waals surface area contributed by atoms with Gasteiger partial charge in [-0.25, -0.2) is 9.78 Å². The Kier molecular flexibility index (Phi) is 4.88. The van der Waals surface area contributed by atoms with Gasteiger partial charge in [-0.15, -0.1) is 10.2 Å². The topological polar surface area (TPSA) is 68.3 Å². The number of fused-ring (bicyclic) bond motifs is 1. The summed E-state index contributed by atoms with van der Waals surface area (Å²) in [6, 6.07) is 10.9. The van der Waals surface area contributed by atoms with Crippen LogP contribution in [0, 0.1) is 13.8 Å². The Morgan fingerprint density at radius 3 is 2.84 bits per heavy atom. The average Bonchev–Trinajstić information content (AvgIpc) is 2.95. The van der Waals surface area contributed by atoms with E-state index in [1.807, 2.05) is 43.5 Å². The predicted octanol–water partition coefficient (Wildman–Crippen LogP) is 4.93. The zero-order chi connectivity index (χ0) is 17.8. The molecule has 2 aromatic heterocycles. The molecular weight excluding hydrogens is 316 g/mol. The van der Waals surface area contributed by atoms with Crippen molar-refractivity contribution in [2.45, 2.75) is 27.2 Å². The van der Waals surface area contributed by atoms with Crippen LogP contribution in [0.4, 0.5) is 11.5 Å². The molecule has 0 bridgehead atoms. The molecule has 0 N–H and O–H groups in total. The highest BCUT2D eigenvalue weighted by atomic mass is 16.5. The van der Waals surface area contributed by atoms with Crippen LogP contribution in [0.1, 0.15) is 35.0 Å². The number of imidazole rings is 1. The number of aryl methyl sites for hydroxylation is 2. The largest absolute Gasteiger partial charge is 0.462 e. The molecule has 25 heavy (non-hydrogen) atoms. The van der Waals surface area contributed by atoms with Crippen molar-refractivity contribution in [3.05, 3.63) is 59.4 Å². The molecule has 0 unspecified atom stereocenters. The summed E-state index contributed by atoms with van der Waals surface area (Å²) in [5, 5.41) is 8.61. The number of hydrogen-bond acceptors (Lipinski definition) is 5. The quantitative estimate of drug-likeness (QED) is 0.490. The van der Waals surface area contributed by atoms with Gasteiger partial charge in [0.2, 0.25) is 0 Å². The Labute approximate surface area is 146 Å². The predicted molar refractivity (Wildman–Crippen MR) is 95.9 cm³/mol. The molecule has 0 aliphatic rings. The average molecular weight is 336 g/mol. The van der Waals surface area contributed by atoms with E-state index < -0.39 is 0 Å². The van der Waals surface area contributed by atoms with E-state index in [0.717, 1.165) is 23.3 Å². The normalized spacial score (nSPS) is 11.3. The first-order valence-electron chi connectivity index (χ1n) is 8.23. The number of benzene rings is 1. The fourth-order valence-electron chi connectivity index (χ4n) is 2.50. The molecule has 0 saturated carbocycles. The highest BCUT2D eigenvalue weighted by Gasteiger charge is 2.10. The number of ether oxygens (including phenoxy) is 1. The van der Waals surface area contributed by atoms with Crippen LogP contribution < -0.4 is 0 Å². The van der Waals surface area contributed by atoms with Crippen molar-refractivity contribution in [2.75, 3.05) is 6.61 Å². The van der Waals surface area contributed by atoms with Crippen molar-refractivity contribution in [1.29, 1.82) is 0 Å². The molecule has 0 fully saturated rings. The molecule has 6 nitrogen and oxygen atoms in total.